The molecule has 0 bridgehead atoms. The molecular formula is C13H17F2NO3. The summed E-state index contributed by atoms with van der Waals surface area (Å²) in [6, 6.07) is 8.03. The average Bonchev–Trinajstić information content (AvgIpc) is 2.42. The second-order valence-electron chi connectivity index (χ2n) is 4.18. The zero-order valence-electron chi connectivity index (χ0n) is 10.3. The van der Waals surface area contributed by atoms with E-state index in [2.05, 4.69) is 0 Å². The molecule has 0 amide bonds. The van der Waals surface area contributed by atoms with Crippen molar-refractivity contribution in [2.24, 2.45) is 5.73 Å². The number of carbonyl (C=O) groups excluding carboxylic acids is 1. The van der Waals surface area contributed by atoms with Crippen molar-refractivity contribution >= 4 is 5.97 Å². The van der Waals surface area contributed by atoms with Gasteiger partial charge in [0, 0.05) is 0 Å². The van der Waals surface area contributed by atoms with E-state index in [1.54, 1.807) is 12.1 Å². The maximum atomic E-state index is 12.0. The highest BCUT2D eigenvalue weighted by Gasteiger charge is 2.21. The van der Waals surface area contributed by atoms with Gasteiger partial charge in [0.25, 0.3) is 6.43 Å². The Morgan fingerprint density at radius 3 is 2.47 bits per heavy atom. The number of hydrogen-bond acceptors (Lipinski definition) is 4. The average molecular weight is 273 g/mol. The molecule has 0 saturated heterocycles. The molecule has 0 aromatic heterocycles. The molecule has 2 atom stereocenters. The Bertz CT molecular complexity index is 387. The van der Waals surface area contributed by atoms with Gasteiger partial charge in [0.05, 0.1) is 0 Å². The number of esters is 1. The quantitative estimate of drug-likeness (QED) is 0.738. The van der Waals surface area contributed by atoms with Crippen LogP contribution in [0, 0.1) is 0 Å². The van der Waals surface area contributed by atoms with Crippen molar-refractivity contribution in [1.82, 2.24) is 0 Å². The first kappa shape index (κ1) is 15.5. The molecule has 0 aliphatic heterocycles. The molecule has 0 saturated carbocycles. The minimum Gasteiger partial charge on any atom is -0.460 e. The van der Waals surface area contributed by atoms with Gasteiger partial charge in [-0.2, -0.15) is 0 Å². The summed E-state index contributed by atoms with van der Waals surface area (Å²) < 4.78 is 29.0. The second kappa shape index (κ2) is 7.81. The number of aliphatic hydroxyl groups excluding tert-OH is 1. The third-order valence-electron chi connectivity index (χ3n) is 2.59. The van der Waals surface area contributed by atoms with E-state index in [1.165, 1.54) is 0 Å². The maximum absolute atomic E-state index is 12.0. The zero-order valence-corrected chi connectivity index (χ0v) is 10.3. The largest absolute Gasteiger partial charge is 0.460 e. The van der Waals surface area contributed by atoms with Gasteiger partial charge in [-0.15, -0.1) is 0 Å². The van der Waals surface area contributed by atoms with Crippen LogP contribution < -0.4 is 5.73 Å². The van der Waals surface area contributed by atoms with Gasteiger partial charge in [-0.05, 0) is 18.4 Å². The molecule has 0 spiro atoms. The molecule has 0 aliphatic carbocycles. The molecule has 1 rings (SSSR count). The molecule has 106 valence electrons. The van der Waals surface area contributed by atoms with Crippen molar-refractivity contribution in [3.8, 4) is 0 Å². The molecular weight excluding hydrogens is 256 g/mol. The lowest BCUT2D eigenvalue weighted by atomic mass is 10.1. The normalized spacial score (nSPS) is 14.2. The smallest absolute Gasteiger partial charge is 0.323 e. The van der Waals surface area contributed by atoms with Crippen LogP contribution in [-0.2, 0) is 16.1 Å². The summed E-state index contributed by atoms with van der Waals surface area (Å²) in [6.07, 6.45) is -4.86. The Morgan fingerprint density at radius 2 is 1.89 bits per heavy atom. The van der Waals surface area contributed by atoms with Crippen LogP contribution in [0.4, 0.5) is 8.78 Å². The molecule has 0 aliphatic rings. The maximum Gasteiger partial charge on any atom is 0.323 e. The Kier molecular flexibility index (Phi) is 6.38. The Labute approximate surface area is 110 Å². The fraction of sp³-hybridized carbons (Fsp3) is 0.462. The SMILES string of the molecule is NC(CCC(O)C(F)F)C(=O)OCc1ccccc1. The molecule has 6 heteroatoms. The summed E-state index contributed by atoms with van der Waals surface area (Å²) in [5.41, 5.74) is 6.31. The number of hydrogen-bond donors (Lipinski definition) is 2. The fourth-order valence-electron chi connectivity index (χ4n) is 1.43. The summed E-state index contributed by atoms with van der Waals surface area (Å²) in [4.78, 5) is 11.5. The Balaban J connectivity index is 2.29. The molecule has 4 nitrogen and oxygen atoms in total. The number of rotatable bonds is 7. The highest BCUT2D eigenvalue weighted by Crippen LogP contribution is 2.10. The van der Waals surface area contributed by atoms with Crippen LogP contribution in [0.5, 0.6) is 0 Å². The zero-order chi connectivity index (χ0) is 14.3. The number of aliphatic hydroxyl groups is 1. The molecule has 1 aromatic carbocycles. The minimum absolute atomic E-state index is 0.0425. The first-order valence-corrected chi connectivity index (χ1v) is 5.93. The van der Waals surface area contributed by atoms with Crippen molar-refractivity contribution in [1.29, 1.82) is 0 Å². The number of benzene rings is 1. The highest BCUT2D eigenvalue weighted by molar-refractivity contribution is 5.75. The lowest BCUT2D eigenvalue weighted by Gasteiger charge is -2.14. The predicted octanol–water partition coefficient (Wildman–Crippen LogP) is 1.46. The van der Waals surface area contributed by atoms with E-state index in [0.717, 1.165) is 5.56 Å². The monoisotopic (exact) mass is 273 g/mol. The van der Waals surface area contributed by atoms with Crippen molar-refractivity contribution in [2.75, 3.05) is 0 Å². The van der Waals surface area contributed by atoms with E-state index in [4.69, 9.17) is 15.6 Å². The summed E-state index contributed by atoms with van der Waals surface area (Å²) >= 11 is 0. The van der Waals surface area contributed by atoms with Crippen LogP contribution in [0.1, 0.15) is 18.4 Å². The lowest BCUT2D eigenvalue weighted by molar-refractivity contribution is -0.147. The number of carbonyl (C=O) groups is 1. The molecule has 1 aromatic rings. The molecule has 0 heterocycles. The molecule has 0 fully saturated rings. The van der Waals surface area contributed by atoms with Crippen LogP contribution in [0.3, 0.4) is 0 Å². The van der Waals surface area contributed by atoms with Crippen molar-refractivity contribution in [3.63, 3.8) is 0 Å². The van der Waals surface area contributed by atoms with Gasteiger partial charge in [0.1, 0.15) is 18.8 Å². The van der Waals surface area contributed by atoms with Crippen LogP contribution in [-0.4, -0.2) is 29.6 Å². The molecule has 2 unspecified atom stereocenters. The van der Waals surface area contributed by atoms with Gasteiger partial charge >= 0.3 is 5.97 Å². The van der Waals surface area contributed by atoms with E-state index < -0.39 is 24.5 Å². The number of halogens is 2. The molecule has 3 N–H and O–H groups in total. The predicted molar refractivity (Wildman–Crippen MR) is 65.5 cm³/mol. The first-order valence-electron chi connectivity index (χ1n) is 5.93. The van der Waals surface area contributed by atoms with Crippen molar-refractivity contribution in [2.45, 2.75) is 38.0 Å². The van der Waals surface area contributed by atoms with E-state index >= 15 is 0 Å². The molecule has 19 heavy (non-hydrogen) atoms. The first-order chi connectivity index (χ1) is 9.00. The van der Waals surface area contributed by atoms with Crippen LogP contribution in [0.2, 0.25) is 0 Å². The van der Waals surface area contributed by atoms with E-state index in [-0.39, 0.29) is 19.4 Å². The van der Waals surface area contributed by atoms with Crippen molar-refractivity contribution < 1.29 is 23.4 Å². The van der Waals surface area contributed by atoms with Crippen LogP contribution in [0.25, 0.3) is 0 Å². The van der Waals surface area contributed by atoms with Gasteiger partial charge in [0.2, 0.25) is 0 Å². The van der Waals surface area contributed by atoms with Crippen molar-refractivity contribution in [3.05, 3.63) is 35.9 Å². The van der Waals surface area contributed by atoms with Gasteiger partial charge in [0.15, 0.2) is 0 Å². The second-order valence-corrected chi connectivity index (χ2v) is 4.18. The number of ether oxygens (including phenoxy) is 1. The van der Waals surface area contributed by atoms with Gasteiger partial charge in [-0.1, -0.05) is 30.3 Å². The Hall–Kier alpha value is -1.53. The third-order valence-corrected chi connectivity index (χ3v) is 2.59. The summed E-state index contributed by atoms with van der Waals surface area (Å²) in [7, 11) is 0. The van der Waals surface area contributed by atoms with Crippen LogP contribution >= 0.6 is 0 Å². The number of nitrogens with two attached hydrogens (primary N) is 1. The van der Waals surface area contributed by atoms with Gasteiger partial charge in [-0.3, -0.25) is 4.79 Å². The summed E-state index contributed by atoms with van der Waals surface area (Å²) in [5, 5.41) is 8.91. The third kappa shape index (κ3) is 5.76. The van der Waals surface area contributed by atoms with Gasteiger partial charge < -0.3 is 15.6 Å². The topological polar surface area (TPSA) is 72.5 Å². The standard InChI is InChI=1S/C13H17F2NO3/c14-12(15)11(17)7-6-10(16)13(18)19-8-9-4-2-1-3-5-9/h1-5,10-12,17H,6-8,16H2. The molecule has 0 radical (unpaired) electrons. The van der Waals surface area contributed by atoms with Crippen LogP contribution in [0.15, 0.2) is 30.3 Å². The lowest BCUT2D eigenvalue weighted by Crippen LogP contribution is -2.34. The number of alkyl halides is 2. The van der Waals surface area contributed by atoms with Gasteiger partial charge in [-0.25, -0.2) is 8.78 Å². The summed E-state index contributed by atoms with van der Waals surface area (Å²) in [6.45, 7) is 0.0881. The van der Waals surface area contributed by atoms with E-state index in [1.807, 2.05) is 18.2 Å². The fourth-order valence-corrected chi connectivity index (χ4v) is 1.43. The minimum atomic E-state index is -2.83. The van der Waals surface area contributed by atoms with E-state index in [0.29, 0.717) is 0 Å². The summed E-state index contributed by atoms with van der Waals surface area (Å²) in [5.74, 6) is -0.662. The Morgan fingerprint density at radius 1 is 1.26 bits per heavy atom. The highest BCUT2D eigenvalue weighted by atomic mass is 19.3. The van der Waals surface area contributed by atoms with E-state index in [9.17, 15) is 13.6 Å².